The van der Waals surface area contributed by atoms with E-state index in [-0.39, 0.29) is 31.9 Å². The molecule has 0 fully saturated rings. The van der Waals surface area contributed by atoms with Crippen molar-refractivity contribution in [1.29, 1.82) is 0 Å². The molecule has 3 rings (SSSR count). The summed E-state index contributed by atoms with van der Waals surface area (Å²) in [5.74, 6) is -1.08. The third-order valence-electron chi connectivity index (χ3n) is 3.95. The molecule has 0 aliphatic rings. The van der Waals surface area contributed by atoms with Gasteiger partial charge in [0.25, 0.3) is 15.9 Å². The van der Waals surface area contributed by atoms with Crippen LogP contribution < -0.4 is 10.0 Å². The Bertz CT molecular complexity index is 1180. The summed E-state index contributed by atoms with van der Waals surface area (Å²) in [6.07, 6.45) is 0. The summed E-state index contributed by atoms with van der Waals surface area (Å²) >= 11 is 11.8. The van der Waals surface area contributed by atoms with Crippen molar-refractivity contribution < 1.29 is 17.6 Å². The number of benzene rings is 3. The zero-order valence-corrected chi connectivity index (χ0v) is 17.4. The average molecular weight is 453 g/mol. The normalized spacial score (nSPS) is 11.2. The predicted octanol–water partition coefficient (Wildman–Crippen LogP) is 5.49. The molecule has 0 spiro atoms. The number of nitrogens with one attached hydrogen (secondary N) is 2. The van der Waals surface area contributed by atoms with Gasteiger partial charge in [-0.3, -0.25) is 9.52 Å². The first-order valence-electron chi connectivity index (χ1n) is 8.31. The molecule has 0 bridgehead atoms. The summed E-state index contributed by atoms with van der Waals surface area (Å²) in [5, 5.41) is 2.74. The Morgan fingerprint density at radius 2 is 1.66 bits per heavy atom. The van der Waals surface area contributed by atoms with E-state index in [0.717, 1.165) is 5.56 Å². The molecule has 0 aliphatic carbocycles. The first-order valence-corrected chi connectivity index (χ1v) is 10.5. The van der Waals surface area contributed by atoms with Crippen molar-refractivity contribution in [3.63, 3.8) is 0 Å². The van der Waals surface area contributed by atoms with Crippen molar-refractivity contribution in [2.24, 2.45) is 0 Å². The minimum absolute atomic E-state index is 0.0260. The van der Waals surface area contributed by atoms with Crippen LogP contribution >= 0.6 is 23.2 Å². The highest BCUT2D eigenvalue weighted by atomic mass is 35.5. The number of aryl methyl sites for hydroxylation is 1. The van der Waals surface area contributed by atoms with Crippen molar-refractivity contribution in [3.05, 3.63) is 87.7 Å². The lowest BCUT2D eigenvalue weighted by molar-refractivity contribution is 0.102. The zero-order chi connectivity index (χ0) is 21.2. The Kier molecular flexibility index (Phi) is 6.12. The van der Waals surface area contributed by atoms with E-state index in [4.69, 9.17) is 23.2 Å². The van der Waals surface area contributed by atoms with Crippen LogP contribution in [0.3, 0.4) is 0 Å². The summed E-state index contributed by atoms with van der Waals surface area (Å²) < 4.78 is 41.2. The highest BCUT2D eigenvalue weighted by molar-refractivity contribution is 7.92. The topological polar surface area (TPSA) is 75.3 Å². The minimum Gasteiger partial charge on any atom is -0.319 e. The second-order valence-corrected chi connectivity index (χ2v) is 8.69. The number of sulfonamides is 1. The highest BCUT2D eigenvalue weighted by Crippen LogP contribution is 2.27. The van der Waals surface area contributed by atoms with E-state index in [0.29, 0.717) is 0 Å². The molecule has 0 saturated carbocycles. The molecule has 0 unspecified atom stereocenters. The summed E-state index contributed by atoms with van der Waals surface area (Å²) in [6.45, 7) is 1.78. The number of rotatable bonds is 5. The Labute approximate surface area is 177 Å². The number of carbonyl (C=O) groups is 1. The monoisotopic (exact) mass is 452 g/mol. The van der Waals surface area contributed by atoms with E-state index in [9.17, 15) is 17.6 Å². The Hall–Kier alpha value is -2.61. The number of amides is 1. The van der Waals surface area contributed by atoms with Crippen LogP contribution in [0.4, 0.5) is 15.8 Å². The molecule has 0 heterocycles. The van der Waals surface area contributed by atoms with Gasteiger partial charge in [0.15, 0.2) is 0 Å². The molecular formula is C20H15Cl2FN2O3S. The fraction of sp³-hybridized carbons (Fsp3) is 0.0500. The molecule has 0 atom stereocenters. The van der Waals surface area contributed by atoms with Gasteiger partial charge in [-0.1, -0.05) is 29.3 Å². The summed E-state index contributed by atoms with van der Waals surface area (Å²) in [5.41, 5.74) is 1.32. The largest absolute Gasteiger partial charge is 0.319 e. The maximum Gasteiger partial charge on any atom is 0.263 e. The standard InChI is InChI=1S/C20H15Cl2FN2O3S/c1-12-2-9-17(23)18(10-12)24-20(26)13-3-6-15(7-4-13)25-29(27,28)19-11-14(21)5-8-16(19)22/h2-11,25H,1H3,(H,24,26). The van der Waals surface area contributed by atoms with Gasteiger partial charge in [-0.05, 0) is 67.1 Å². The van der Waals surface area contributed by atoms with Crippen LogP contribution in [0.25, 0.3) is 0 Å². The fourth-order valence-electron chi connectivity index (χ4n) is 2.51. The lowest BCUT2D eigenvalue weighted by Gasteiger charge is -2.11. The smallest absolute Gasteiger partial charge is 0.263 e. The van der Waals surface area contributed by atoms with Crippen molar-refractivity contribution in [2.75, 3.05) is 10.0 Å². The summed E-state index contributed by atoms with van der Waals surface area (Å²) in [7, 11) is -3.98. The average Bonchev–Trinajstić information content (AvgIpc) is 2.66. The van der Waals surface area contributed by atoms with E-state index in [1.165, 1.54) is 54.6 Å². The number of anilines is 2. The van der Waals surface area contributed by atoms with Crippen molar-refractivity contribution in [1.82, 2.24) is 0 Å². The van der Waals surface area contributed by atoms with Crippen LogP contribution in [0.1, 0.15) is 15.9 Å². The van der Waals surface area contributed by atoms with Crippen molar-refractivity contribution in [2.45, 2.75) is 11.8 Å². The molecule has 0 saturated heterocycles. The second-order valence-electron chi connectivity index (χ2n) is 6.20. The summed E-state index contributed by atoms with van der Waals surface area (Å²) in [6, 6.07) is 14.1. The minimum atomic E-state index is -3.98. The highest BCUT2D eigenvalue weighted by Gasteiger charge is 2.19. The molecule has 2 N–H and O–H groups in total. The van der Waals surface area contributed by atoms with Crippen LogP contribution in [0.5, 0.6) is 0 Å². The lowest BCUT2D eigenvalue weighted by atomic mass is 10.1. The van der Waals surface area contributed by atoms with Gasteiger partial charge in [0.1, 0.15) is 10.7 Å². The van der Waals surface area contributed by atoms with Crippen LogP contribution in [0.2, 0.25) is 10.0 Å². The summed E-state index contributed by atoms with van der Waals surface area (Å²) in [4.78, 5) is 12.2. The van der Waals surface area contributed by atoms with E-state index in [2.05, 4.69) is 10.0 Å². The molecule has 3 aromatic rings. The zero-order valence-electron chi connectivity index (χ0n) is 15.0. The molecule has 1 amide bonds. The number of hydrogen-bond acceptors (Lipinski definition) is 3. The second kappa shape index (κ2) is 8.41. The number of hydrogen-bond donors (Lipinski definition) is 2. The Morgan fingerprint density at radius 1 is 0.966 bits per heavy atom. The fourth-order valence-corrected chi connectivity index (χ4v) is 4.33. The quantitative estimate of drug-likeness (QED) is 0.536. The molecule has 29 heavy (non-hydrogen) atoms. The molecule has 9 heteroatoms. The third-order valence-corrected chi connectivity index (χ3v) is 6.05. The maximum atomic E-state index is 13.8. The van der Waals surface area contributed by atoms with Gasteiger partial charge in [0, 0.05) is 16.3 Å². The van der Waals surface area contributed by atoms with E-state index >= 15 is 0 Å². The first-order chi connectivity index (χ1) is 13.7. The number of carbonyl (C=O) groups excluding carboxylic acids is 1. The molecule has 0 aliphatic heterocycles. The molecular weight excluding hydrogens is 438 g/mol. The van der Waals surface area contributed by atoms with E-state index < -0.39 is 21.7 Å². The van der Waals surface area contributed by atoms with Gasteiger partial charge in [-0.2, -0.15) is 0 Å². The SMILES string of the molecule is Cc1ccc(F)c(NC(=O)c2ccc(NS(=O)(=O)c3cc(Cl)ccc3Cl)cc2)c1. The van der Waals surface area contributed by atoms with Crippen LogP contribution in [0, 0.1) is 12.7 Å². The molecule has 3 aromatic carbocycles. The van der Waals surface area contributed by atoms with E-state index in [1.54, 1.807) is 13.0 Å². The van der Waals surface area contributed by atoms with Crippen LogP contribution in [0.15, 0.2) is 65.6 Å². The molecule has 0 aromatic heterocycles. The maximum absolute atomic E-state index is 13.8. The van der Waals surface area contributed by atoms with Crippen LogP contribution in [-0.4, -0.2) is 14.3 Å². The lowest BCUT2D eigenvalue weighted by Crippen LogP contribution is -2.15. The van der Waals surface area contributed by atoms with Gasteiger partial charge in [-0.15, -0.1) is 0 Å². The number of halogens is 3. The molecule has 5 nitrogen and oxygen atoms in total. The van der Waals surface area contributed by atoms with Crippen molar-refractivity contribution >= 4 is 50.5 Å². The Morgan fingerprint density at radius 3 is 2.34 bits per heavy atom. The predicted molar refractivity (Wildman–Crippen MR) is 113 cm³/mol. The van der Waals surface area contributed by atoms with Crippen molar-refractivity contribution in [3.8, 4) is 0 Å². The van der Waals surface area contributed by atoms with Gasteiger partial charge >= 0.3 is 0 Å². The van der Waals surface area contributed by atoms with E-state index in [1.807, 2.05) is 0 Å². The van der Waals surface area contributed by atoms with Gasteiger partial charge in [0.05, 0.1) is 10.7 Å². The van der Waals surface area contributed by atoms with Gasteiger partial charge in [0.2, 0.25) is 0 Å². The Balaban J connectivity index is 1.77. The van der Waals surface area contributed by atoms with Gasteiger partial charge in [-0.25, -0.2) is 12.8 Å². The first kappa shape index (κ1) is 21.1. The van der Waals surface area contributed by atoms with Crippen LogP contribution in [-0.2, 0) is 10.0 Å². The molecule has 150 valence electrons. The molecule has 0 radical (unpaired) electrons. The third kappa shape index (κ3) is 5.06. The van der Waals surface area contributed by atoms with Gasteiger partial charge < -0.3 is 5.32 Å².